The van der Waals surface area contributed by atoms with E-state index in [4.69, 9.17) is 10.8 Å². The quantitative estimate of drug-likeness (QED) is 0.335. The lowest BCUT2D eigenvalue weighted by atomic mass is 10.0. The van der Waals surface area contributed by atoms with Gasteiger partial charge in [-0.3, -0.25) is 10.1 Å². The Kier molecular flexibility index (Phi) is 3.64. The number of aliphatic hydroxyl groups is 1. The number of benzene rings is 1. The lowest BCUT2D eigenvalue weighted by molar-refractivity contribution is -0.386. The first-order valence-corrected chi connectivity index (χ1v) is 4.54. The zero-order valence-electron chi connectivity index (χ0n) is 8.33. The molecule has 0 amide bonds. The van der Waals surface area contributed by atoms with Crippen LogP contribution in [0.4, 0.5) is 5.69 Å². The minimum atomic E-state index is -0.815. The van der Waals surface area contributed by atoms with Gasteiger partial charge in [-0.15, -0.1) is 0 Å². The molecule has 0 spiro atoms. The molecule has 7 heteroatoms. The van der Waals surface area contributed by atoms with Crippen molar-refractivity contribution in [3.05, 3.63) is 27.8 Å². The Balaban J connectivity index is 3.18. The number of rotatable bonds is 4. The molecule has 0 aliphatic heterocycles. The third-order valence-corrected chi connectivity index (χ3v) is 2.16. The molecule has 1 aromatic rings. The number of phenolic OH excluding ortho intramolecular Hbond substituents is 2. The number of hydrogen-bond acceptors (Lipinski definition) is 6. The molecule has 1 aromatic carbocycles. The minimum absolute atomic E-state index is 0.170. The molecule has 5 N–H and O–H groups in total. The molecule has 0 aromatic heterocycles. The largest absolute Gasteiger partial charge is 0.504 e. The number of hydrogen-bond donors (Lipinski definition) is 4. The summed E-state index contributed by atoms with van der Waals surface area (Å²) in [5.74, 6) is -1.39. The van der Waals surface area contributed by atoms with Gasteiger partial charge in [0, 0.05) is 18.7 Å². The fourth-order valence-corrected chi connectivity index (χ4v) is 1.28. The van der Waals surface area contributed by atoms with Gasteiger partial charge in [0.25, 0.3) is 0 Å². The van der Waals surface area contributed by atoms with Gasteiger partial charge in [0.15, 0.2) is 5.75 Å². The molecule has 0 saturated heterocycles. The predicted molar refractivity (Wildman–Crippen MR) is 55.1 cm³/mol. The van der Waals surface area contributed by atoms with Gasteiger partial charge in [-0.1, -0.05) is 0 Å². The van der Waals surface area contributed by atoms with Crippen molar-refractivity contribution >= 4 is 5.69 Å². The molecular formula is C9H12N2O5. The molecule has 0 heterocycles. The lowest BCUT2D eigenvalue weighted by Crippen LogP contribution is -2.12. The second-order valence-corrected chi connectivity index (χ2v) is 3.28. The van der Waals surface area contributed by atoms with Crippen molar-refractivity contribution in [3.63, 3.8) is 0 Å². The lowest BCUT2D eigenvalue weighted by Gasteiger charge is -2.11. The van der Waals surface area contributed by atoms with Crippen molar-refractivity contribution < 1.29 is 20.2 Å². The first-order chi connectivity index (χ1) is 7.47. The van der Waals surface area contributed by atoms with E-state index in [1.54, 1.807) is 0 Å². The van der Waals surface area contributed by atoms with Gasteiger partial charge in [0.05, 0.1) is 4.92 Å². The molecule has 0 unspecified atom stereocenters. The molecule has 88 valence electrons. The Hall–Kier alpha value is -1.86. The van der Waals surface area contributed by atoms with Crippen molar-refractivity contribution in [2.24, 2.45) is 5.73 Å². The number of nitrogens with two attached hydrogens (primary N) is 1. The Bertz CT molecular complexity index is 407. The van der Waals surface area contributed by atoms with Crippen LogP contribution in [-0.2, 0) is 0 Å². The van der Waals surface area contributed by atoms with E-state index in [1.807, 2.05) is 0 Å². The highest BCUT2D eigenvalue weighted by atomic mass is 16.6. The normalized spacial score (nSPS) is 12.4. The molecule has 1 rings (SSSR count). The SMILES string of the molecule is N[C@H](CCO)c1cc(O)c(O)c([N+](=O)[O-])c1. The monoisotopic (exact) mass is 228 g/mol. The van der Waals surface area contributed by atoms with E-state index in [9.17, 15) is 20.3 Å². The number of aliphatic hydroxyl groups excluding tert-OH is 1. The van der Waals surface area contributed by atoms with Crippen molar-refractivity contribution in [2.45, 2.75) is 12.5 Å². The molecular weight excluding hydrogens is 216 g/mol. The fourth-order valence-electron chi connectivity index (χ4n) is 1.28. The van der Waals surface area contributed by atoms with Crippen LogP contribution in [0.3, 0.4) is 0 Å². The summed E-state index contributed by atoms with van der Waals surface area (Å²) in [5, 5.41) is 37.7. The summed E-state index contributed by atoms with van der Waals surface area (Å²) in [6.07, 6.45) is 0.210. The van der Waals surface area contributed by atoms with E-state index >= 15 is 0 Å². The highest BCUT2D eigenvalue weighted by Gasteiger charge is 2.20. The van der Waals surface area contributed by atoms with Gasteiger partial charge in [0.2, 0.25) is 5.75 Å². The summed E-state index contributed by atoms with van der Waals surface area (Å²) >= 11 is 0. The summed E-state index contributed by atoms with van der Waals surface area (Å²) in [5.41, 5.74) is 5.30. The minimum Gasteiger partial charge on any atom is -0.504 e. The van der Waals surface area contributed by atoms with Crippen molar-refractivity contribution in [1.82, 2.24) is 0 Å². The van der Waals surface area contributed by atoms with E-state index in [1.165, 1.54) is 0 Å². The summed E-state index contributed by atoms with van der Waals surface area (Å²) in [6, 6.07) is 1.59. The second-order valence-electron chi connectivity index (χ2n) is 3.28. The first kappa shape index (κ1) is 12.2. The number of phenols is 2. The van der Waals surface area contributed by atoms with E-state index in [2.05, 4.69) is 0 Å². The highest BCUT2D eigenvalue weighted by molar-refractivity contribution is 5.56. The van der Waals surface area contributed by atoms with Gasteiger partial charge >= 0.3 is 5.69 Å². The average Bonchev–Trinajstić information content (AvgIpc) is 2.21. The second kappa shape index (κ2) is 4.77. The summed E-state index contributed by atoms with van der Waals surface area (Å²) in [7, 11) is 0. The van der Waals surface area contributed by atoms with Crippen LogP contribution >= 0.6 is 0 Å². The van der Waals surface area contributed by atoms with Gasteiger partial charge in [-0.05, 0) is 18.1 Å². The average molecular weight is 228 g/mol. The van der Waals surface area contributed by atoms with E-state index in [0.717, 1.165) is 12.1 Å². The van der Waals surface area contributed by atoms with Gasteiger partial charge in [-0.2, -0.15) is 0 Å². The molecule has 7 nitrogen and oxygen atoms in total. The Morgan fingerprint density at radius 1 is 1.44 bits per heavy atom. The third kappa shape index (κ3) is 2.38. The van der Waals surface area contributed by atoms with Gasteiger partial charge in [-0.25, -0.2) is 0 Å². The van der Waals surface area contributed by atoms with Crippen molar-refractivity contribution in [2.75, 3.05) is 6.61 Å². The number of aromatic hydroxyl groups is 2. The van der Waals surface area contributed by atoms with Crippen molar-refractivity contribution in [3.8, 4) is 11.5 Å². The third-order valence-electron chi connectivity index (χ3n) is 2.16. The number of nitro benzene ring substituents is 1. The highest BCUT2D eigenvalue weighted by Crippen LogP contribution is 2.37. The Morgan fingerprint density at radius 2 is 2.06 bits per heavy atom. The molecule has 0 radical (unpaired) electrons. The molecule has 0 bridgehead atoms. The van der Waals surface area contributed by atoms with Crippen LogP contribution in [0.25, 0.3) is 0 Å². The van der Waals surface area contributed by atoms with Gasteiger partial charge in [0.1, 0.15) is 0 Å². The van der Waals surface area contributed by atoms with Crippen LogP contribution in [0.1, 0.15) is 18.0 Å². The van der Waals surface area contributed by atoms with Crippen LogP contribution in [0, 0.1) is 10.1 Å². The maximum atomic E-state index is 10.6. The van der Waals surface area contributed by atoms with Crippen LogP contribution < -0.4 is 5.73 Å². The zero-order chi connectivity index (χ0) is 12.3. The van der Waals surface area contributed by atoms with E-state index < -0.39 is 28.2 Å². The van der Waals surface area contributed by atoms with Crippen LogP contribution in [0.15, 0.2) is 12.1 Å². The molecule has 0 saturated carbocycles. The predicted octanol–water partition coefficient (Wildman–Crippen LogP) is 0.388. The number of nitrogens with zero attached hydrogens (tertiary/aromatic N) is 1. The topological polar surface area (TPSA) is 130 Å². The van der Waals surface area contributed by atoms with Crippen LogP contribution in [-0.4, -0.2) is 26.8 Å². The maximum absolute atomic E-state index is 10.6. The summed E-state index contributed by atoms with van der Waals surface area (Å²) in [6.45, 7) is -0.170. The fraction of sp³-hybridized carbons (Fsp3) is 0.333. The Morgan fingerprint density at radius 3 is 2.56 bits per heavy atom. The molecule has 0 aliphatic rings. The Labute approximate surface area is 90.9 Å². The summed E-state index contributed by atoms with van der Waals surface area (Å²) < 4.78 is 0. The smallest absolute Gasteiger partial charge is 0.314 e. The van der Waals surface area contributed by atoms with Crippen molar-refractivity contribution in [1.29, 1.82) is 0 Å². The van der Waals surface area contributed by atoms with Gasteiger partial charge < -0.3 is 21.1 Å². The maximum Gasteiger partial charge on any atom is 0.314 e. The van der Waals surface area contributed by atoms with E-state index in [0.29, 0.717) is 0 Å². The van der Waals surface area contributed by atoms with Crippen LogP contribution in [0.2, 0.25) is 0 Å². The summed E-state index contributed by atoms with van der Waals surface area (Å²) in [4.78, 5) is 9.74. The zero-order valence-corrected chi connectivity index (χ0v) is 8.33. The van der Waals surface area contributed by atoms with Crippen LogP contribution in [0.5, 0.6) is 11.5 Å². The first-order valence-electron chi connectivity index (χ1n) is 4.54. The standard InChI is InChI=1S/C9H12N2O5/c10-6(1-2-12)5-3-7(11(15)16)9(14)8(13)4-5/h3-4,6,12-14H,1-2,10H2/t6-/m1/s1. The number of nitro groups is 1. The molecule has 0 aliphatic carbocycles. The van der Waals surface area contributed by atoms with E-state index in [-0.39, 0.29) is 18.6 Å². The molecule has 1 atom stereocenters. The molecule has 16 heavy (non-hydrogen) atoms. The molecule has 0 fully saturated rings.